The van der Waals surface area contributed by atoms with E-state index in [0.717, 1.165) is 6.04 Å². The lowest BCUT2D eigenvalue weighted by molar-refractivity contribution is 0.0907. The van der Waals surface area contributed by atoms with Gasteiger partial charge in [-0.2, -0.15) is 5.10 Å². The maximum atomic E-state index is 14.5. The molecule has 1 aliphatic heterocycles. The number of aromatic nitrogens is 5. The third kappa shape index (κ3) is 4.89. The fraction of sp³-hybridized carbons (Fsp3) is 0.423. The quantitative estimate of drug-likeness (QED) is 0.191. The molecule has 5 rings (SSSR count). The minimum atomic E-state index is -2.93. The molecule has 12 heteroatoms. The second-order valence-corrected chi connectivity index (χ2v) is 16.0. The number of methoxy groups -OCH3 is 1. The van der Waals surface area contributed by atoms with Crippen LogP contribution in [0.1, 0.15) is 12.1 Å². The van der Waals surface area contributed by atoms with Gasteiger partial charge in [0.05, 0.1) is 24.9 Å². The van der Waals surface area contributed by atoms with Gasteiger partial charge in [-0.15, -0.1) is 0 Å². The lowest BCUT2D eigenvalue weighted by Gasteiger charge is -2.21. The van der Waals surface area contributed by atoms with Crippen LogP contribution in [0.3, 0.4) is 0 Å². The van der Waals surface area contributed by atoms with Crippen molar-refractivity contribution in [1.82, 2.24) is 24.3 Å². The minimum Gasteiger partial charge on any atom is -0.481 e. The summed E-state index contributed by atoms with van der Waals surface area (Å²) in [4.78, 5) is 8.94. The van der Waals surface area contributed by atoms with Gasteiger partial charge in [0.1, 0.15) is 24.7 Å². The van der Waals surface area contributed by atoms with Crippen molar-refractivity contribution in [1.29, 1.82) is 0 Å². The zero-order chi connectivity index (χ0) is 27.0. The summed E-state index contributed by atoms with van der Waals surface area (Å²) in [5.41, 5.74) is 1.67. The van der Waals surface area contributed by atoms with E-state index in [0.29, 0.717) is 40.3 Å². The minimum absolute atomic E-state index is 0.0644. The van der Waals surface area contributed by atoms with Crippen molar-refractivity contribution >= 4 is 19.1 Å². The Morgan fingerprint density at radius 3 is 2.63 bits per heavy atom. The SMILES string of the molecule is COc1ncccc1-c1c(-c2c(C(F)F)nn3c2OC[C@@H](F)C3)n(COCC[Si](C)(C)C)c2ncccc12. The van der Waals surface area contributed by atoms with Crippen molar-refractivity contribution in [2.75, 3.05) is 20.3 Å². The molecule has 38 heavy (non-hydrogen) atoms. The van der Waals surface area contributed by atoms with Gasteiger partial charge in [0.2, 0.25) is 11.8 Å². The summed E-state index contributed by atoms with van der Waals surface area (Å²) >= 11 is 0. The van der Waals surface area contributed by atoms with Crippen molar-refractivity contribution in [3.8, 4) is 34.1 Å². The molecular formula is C26H30F3N5O3Si. The van der Waals surface area contributed by atoms with Crippen molar-refractivity contribution < 1.29 is 27.4 Å². The standard InChI is InChI=1S/C26H30F3N5O3Si/c1-35-25-18(8-6-10-31-25)19-17-7-5-9-30-24(17)33(15-36-11-12-38(2,3)4)22(19)20-21(23(28)29)32-34-13-16(27)14-37-26(20)34/h5-10,16,23H,11-15H2,1-4H3/t16-/m0/s1. The first-order valence-corrected chi connectivity index (χ1v) is 16.1. The Bertz CT molecular complexity index is 1450. The van der Waals surface area contributed by atoms with Gasteiger partial charge in [0, 0.05) is 43.6 Å². The predicted molar refractivity (Wildman–Crippen MR) is 140 cm³/mol. The van der Waals surface area contributed by atoms with Crippen LogP contribution in [0.5, 0.6) is 11.8 Å². The molecule has 0 unspecified atom stereocenters. The van der Waals surface area contributed by atoms with Crippen LogP contribution in [0.15, 0.2) is 36.7 Å². The molecule has 5 heterocycles. The monoisotopic (exact) mass is 545 g/mol. The van der Waals surface area contributed by atoms with Gasteiger partial charge < -0.3 is 18.8 Å². The normalized spacial score (nSPS) is 15.6. The van der Waals surface area contributed by atoms with Crippen LogP contribution in [0.25, 0.3) is 33.4 Å². The summed E-state index contributed by atoms with van der Waals surface area (Å²) in [5.74, 6) is 0.408. The van der Waals surface area contributed by atoms with Gasteiger partial charge >= 0.3 is 0 Å². The molecule has 8 nitrogen and oxygen atoms in total. The summed E-state index contributed by atoms with van der Waals surface area (Å²) in [6.45, 7) is 6.92. The van der Waals surface area contributed by atoms with E-state index < -0.39 is 26.4 Å². The van der Waals surface area contributed by atoms with E-state index in [-0.39, 0.29) is 31.3 Å². The Balaban J connectivity index is 1.80. The van der Waals surface area contributed by atoms with Crippen LogP contribution in [0, 0.1) is 0 Å². The fourth-order valence-corrected chi connectivity index (χ4v) is 5.39. The largest absolute Gasteiger partial charge is 0.481 e. The van der Waals surface area contributed by atoms with E-state index in [2.05, 4.69) is 34.7 Å². The van der Waals surface area contributed by atoms with Crippen LogP contribution in [0.2, 0.25) is 25.7 Å². The molecule has 1 atom stereocenters. The molecule has 0 saturated carbocycles. The van der Waals surface area contributed by atoms with E-state index in [1.54, 1.807) is 29.1 Å². The summed E-state index contributed by atoms with van der Waals surface area (Å²) < 4.78 is 63.4. The van der Waals surface area contributed by atoms with E-state index in [1.807, 2.05) is 12.1 Å². The number of hydrogen-bond donors (Lipinski definition) is 0. The Hall–Kier alpha value is -3.38. The van der Waals surface area contributed by atoms with Crippen LogP contribution in [-0.4, -0.2) is 58.9 Å². The molecule has 0 fully saturated rings. The molecule has 0 amide bonds. The van der Waals surface area contributed by atoms with E-state index in [9.17, 15) is 13.2 Å². The van der Waals surface area contributed by atoms with Gasteiger partial charge in [-0.3, -0.25) is 0 Å². The third-order valence-electron chi connectivity index (χ3n) is 6.42. The van der Waals surface area contributed by atoms with Crippen molar-refractivity contribution in [3.63, 3.8) is 0 Å². The number of rotatable bonds is 9. The lowest BCUT2D eigenvalue weighted by Crippen LogP contribution is -2.27. The predicted octanol–water partition coefficient (Wildman–Crippen LogP) is 5.95. The second-order valence-electron chi connectivity index (χ2n) is 10.4. The van der Waals surface area contributed by atoms with Gasteiger partial charge in [-0.05, 0) is 30.3 Å². The van der Waals surface area contributed by atoms with E-state index in [1.165, 1.54) is 11.8 Å². The topological polar surface area (TPSA) is 76.2 Å². The fourth-order valence-electron chi connectivity index (χ4n) is 4.63. The first kappa shape index (κ1) is 26.2. The Morgan fingerprint density at radius 1 is 1.13 bits per heavy atom. The zero-order valence-electron chi connectivity index (χ0n) is 21.7. The zero-order valence-corrected chi connectivity index (χ0v) is 22.7. The number of hydrogen-bond acceptors (Lipinski definition) is 6. The molecule has 4 aromatic heterocycles. The maximum absolute atomic E-state index is 14.5. The second kappa shape index (κ2) is 10.4. The highest BCUT2D eigenvalue weighted by Gasteiger charge is 2.36. The summed E-state index contributed by atoms with van der Waals surface area (Å²) in [7, 11) is 0.131. The summed E-state index contributed by atoms with van der Waals surface area (Å²) in [6.07, 6.45) is -1.05. The molecule has 0 radical (unpaired) electrons. The van der Waals surface area contributed by atoms with Crippen LogP contribution in [-0.2, 0) is 18.0 Å². The molecule has 0 saturated heterocycles. The van der Waals surface area contributed by atoms with E-state index >= 15 is 0 Å². The number of nitrogens with zero attached hydrogens (tertiary/aromatic N) is 5. The van der Waals surface area contributed by atoms with Gasteiger partial charge in [-0.1, -0.05) is 19.6 Å². The van der Waals surface area contributed by atoms with Crippen LogP contribution < -0.4 is 9.47 Å². The van der Waals surface area contributed by atoms with Crippen LogP contribution in [0.4, 0.5) is 13.2 Å². The molecule has 202 valence electrons. The number of fused-ring (bicyclic) bond motifs is 2. The molecular weight excluding hydrogens is 515 g/mol. The van der Waals surface area contributed by atoms with E-state index in [4.69, 9.17) is 14.2 Å². The molecule has 0 aromatic carbocycles. The smallest absolute Gasteiger partial charge is 0.282 e. The Morgan fingerprint density at radius 2 is 1.89 bits per heavy atom. The average Bonchev–Trinajstić information content (AvgIpc) is 3.41. The maximum Gasteiger partial charge on any atom is 0.282 e. The Kier molecular flexibility index (Phi) is 7.19. The van der Waals surface area contributed by atoms with Crippen molar-refractivity contribution in [2.45, 2.75) is 51.6 Å². The number of halogens is 3. The first-order chi connectivity index (χ1) is 18.2. The number of alkyl halides is 3. The molecule has 1 aliphatic rings. The van der Waals surface area contributed by atoms with Gasteiger partial charge in [-0.25, -0.2) is 27.8 Å². The highest BCUT2D eigenvalue weighted by Crippen LogP contribution is 2.49. The molecule has 4 aromatic rings. The average molecular weight is 546 g/mol. The molecule has 0 aliphatic carbocycles. The van der Waals surface area contributed by atoms with Crippen molar-refractivity contribution in [2.24, 2.45) is 0 Å². The van der Waals surface area contributed by atoms with Gasteiger partial charge in [0.15, 0.2) is 6.17 Å². The van der Waals surface area contributed by atoms with Crippen molar-refractivity contribution in [3.05, 3.63) is 42.4 Å². The third-order valence-corrected chi connectivity index (χ3v) is 8.12. The highest BCUT2D eigenvalue weighted by atomic mass is 28.3. The highest BCUT2D eigenvalue weighted by molar-refractivity contribution is 6.76. The summed E-state index contributed by atoms with van der Waals surface area (Å²) in [6, 6.07) is 8.13. The molecule has 0 N–H and O–H groups in total. The van der Waals surface area contributed by atoms with Crippen LogP contribution >= 0.6 is 0 Å². The summed E-state index contributed by atoms with van der Waals surface area (Å²) in [5, 5.41) is 4.78. The Labute approximate surface area is 219 Å². The number of pyridine rings is 2. The number of ether oxygens (including phenoxy) is 3. The lowest BCUT2D eigenvalue weighted by atomic mass is 9.99. The molecule has 0 spiro atoms. The molecule has 0 bridgehead atoms. The first-order valence-electron chi connectivity index (χ1n) is 12.4. The van der Waals surface area contributed by atoms with Gasteiger partial charge in [0.25, 0.3) is 6.43 Å².